The number of carbonyl (C=O) groups is 1. The molecule has 0 saturated heterocycles. The van der Waals surface area contributed by atoms with Crippen LogP contribution in [0.1, 0.15) is 37.7 Å². The molecular formula is C18H20F5N3O. The monoisotopic (exact) mass is 389 g/mol. The summed E-state index contributed by atoms with van der Waals surface area (Å²) in [5.41, 5.74) is 2.26. The summed E-state index contributed by atoms with van der Waals surface area (Å²) >= 11 is 0. The Hall–Kier alpha value is -2.45. The average Bonchev–Trinajstić information content (AvgIpc) is 2.61. The van der Waals surface area contributed by atoms with Crippen LogP contribution < -0.4 is 5.73 Å². The highest BCUT2D eigenvalue weighted by atomic mass is 19.4. The van der Waals surface area contributed by atoms with Crippen molar-refractivity contribution in [2.45, 2.75) is 50.9 Å². The van der Waals surface area contributed by atoms with Crippen molar-refractivity contribution in [3.8, 4) is 0 Å². The molecule has 1 aliphatic rings. The normalized spacial score (nSPS) is 16.3. The van der Waals surface area contributed by atoms with Gasteiger partial charge in [0.2, 0.25) is 0 Å². The number of halogens is 5. The molecular weight excluding hydrogens is 369 g/mol. The summed E-state index contributed by atoms with van der Waals surface area (Å²) in [6, 6.07) is 2.42. The molecule has 0 bridgehead atoms. The van der Waals surface area contributed by atoms with E-state index >= 15 is 0 Å². The first-order valence-electron chi connectivity index (χ1n) is 8.47. The predicted octanol–water partition coefficient (Wildman–Crippen LogP) is 4.05. The van der Waals surface area contributed by atoms with Crippen LogP contribution in [0.15, 0.2) is 30.0 Å². The van der Waals surface area contributed by atoms with Crippen molar-refractivity contribution in [2.24, 2.45) is 5.73 Å². The number of carbonyl (C=O) groups excluding carboxylic acids is 1. The fourth-order valence-electron chi connectivity index (χ4n) is 3.06. The van der Waals surface area contributed by atoms with Crippen LogP contribution in [0, 0.1) is 17.0 Å². The molecule has 1 aromatic rings. The van der Waals surface area contributed by atoms with Crippen LogP contribution in [0.2, 0.25) is 0 Å². The number of nitrogens with two attached hydrogens (primary N) is 1. The van der Waals surface area contributed by atoms with E-state index in [2.05, 4.69) is 0 Å². The minimum absolute atomic E-state index is 0.102. The van der Waals surface area contributed by atoms with Gasteiger partial charge in [0.05, 0.1) is 0 Å². The molecule has 0 radical (unpaired) electrons. The molecule has 2 rings (SSSR count). The van der Waals surface area contributed by atoms with E-state index in [4.69, 9.17) is 11.1 Å². The standard InChI is InChI=1S/C18H20F5N3O/c19-12-6-7-14(20)11(8-12)10-26(13-4-2-1-3-5-13)17(27)15(24)9-16(25)18(21,22)23/h6-9,13,24H,1-5,10,25H2. The van der Waals surface area contributed by atoms with Gasteiger partial charge in [0.1, 0.15) is 23.0 Å². The highest BCUT2D eigenvalue weighted by Crippen LogP contribution is 2.26. The van der Waals surface area contributed by atoms with E-state index < -0.39 is 35.1 Å². The molecule has 1 aromatic carbocycles. The minimum Gasteiger partial charge on any atom is -0.395 e. The lowest BCUT2D eigenvalue weighted by Crippen LogP contribution is -2.44. The third-order valence-corrected chi connectivity index (χ3v) is 4.48. The molecule has 1 amide bonds. The zero-order chi connectivity index (χ0) is 20.2. The molecule has 148 valence electrons. The van der Waals surface area contributed by atoms with Gasteiger partial charge in [-0.15, -0.1) is 0 Å². The number of nitrogens with zero attached hydrogens (tertiary/aromatic N) is 1. The van der Waals surface area contributed by atoms with Crippen molar-refractivity contribution in [1.82, 2.24) is 4.90 Å². The van der Waals surface area contributed by atoms with Gasteiger partial charge in [-0.3, -0.25) is 10.2 Å². The second-order valence-electron chi connectivity index (χ2n) is 6.47. The largest absolute Gasteiger partial charge is 0.430 e. The summed E-state index contributed by atoms with van der Waals surface area (Å²) in [6.07, 6.45) is -0.910. The summed E-state index contributed by atoms with van der Waals surface area (Å²) in [7, 11) is 0. The Bertz CT molecular complexity index is 739. The SMILES string of the molecule is N=C(C=C(N)C(F)(F)F)C(=O)N(Cc1cc(F)ccc1F)C1CCCCC1. The zero-order valence-corrected chi connectivity index (χ0v) is 14.5. The first-order valence-corrected chi connectivity index (χ1v) is 8.47. The van der Waals surface area contributed by atoms with Gasteiger partial charge in [-0.1, -0.05) is 19.3 Å². The molecule has 0 unspecified atom stereocenters. The fraction of sp³-hybridized carbons (Fsp3) is 0.444. The van der Waals surface area contributed by atoms with Gasteiger partial charge in [-0.2, -0.15) is 13.2 Å². The van der Waals surface area contributed by atoms with Crippen LogP contribution >= 0.6 is 0 Å². The lowest BCUT2D eigenvalue weighted by Gasteiger charge is -2.34. The van der Waals surface area contributed by atoms with E-state index in [0.29, 0.717) is 12.8 Å². The molecule has 1 aliphatic carbocycles. The molecule has 3 N–H and O–H groups in total. The number of benzene rings is 1. The number of hydrogen-bond donors (Lipinski definition) is 2. The molecule has 0 aliphatic heterocycles. The Morgan fingerprint density at radius 1 is 1.22 bits per heavy atom. The molecule has 1 fully saturated rings. The van der Waals surface area contributed by atoms with Crippen LogP contribution in [0.5, 0.6) is 0 Å². The van der Waals surface area contributed by atoms with Crippen molar-refractivity contribution in [3.05, 3.63) is 47.2 Å². The maximum absolute atomic E-state index is 14.0. The third kappa shape index (κ3) is 5.51. The van der Waals surface area contributed by atoms with E-state index in [-0.39, 0.29) is 24.2 Å². The topological polar surface area (TPSA) is 70.2 Å². The molecule has 4 nitrogen and oxygen atoms in total. The smallest absolute Gasteiger partial charge is 0.395 e. The maximum Gasteiger partial charge on any atom is 0.430 e. The minimum atomic E-state index is -4.86. The lowest BCUT2D eigenvalue weighted by molar-refractivity contribution is -0.127. The van der Waals surface area contributed by atoms with Crippen LogP contribution in [0.4, 0.5) is 22.0 Å². The second kappa shape index (κ2) is 8.49. The quantitative estimate of drug-likeness (QED) is 0.589. The summed E-state index contributed by atoms with van der Waals surface area (Å²) in [4.78, 5) is 13.8. The van der Waals surface area contributed by atoms with Gasteiger partial charge in [0.15, 0.2) is 0 Å². The fourth-order valence-corrected chi connectivity index (χ4v) is 3.06. The maximum atomic E-state index is 14.0. The van der Waals surface area contributed by atoms with E-state index in [1.165, 1.54) is 0 Å². The summed E-state index contributed by atoms with van der Waals surface area (Å²) in [5.74, 6) is -2.43. The van der Waals surface area contributed by atoms with Crippen LogP contribution in [0.25, 0.3) is 0 Å². The summed E-state index contributed by atoms with van der Waals surface area (Å²) < 4.78 is 65.1. The highest BCUT2D eigenvalue weighted by molar-refractivity contribution is 6.42. The van der Waals surface area contributed by atoms with Crippen molar-refractivity contribution < 1.29 is 26.7 Å². The summed E-state index contributed by atoms with van der Waals surface area (Å²) in [5, 5.41) is 7.70. The molecule has 0 aromatic heterocycles. The molecule has 9 heteroatoms. The number of rotatable bonds is 5. The van der Waals surface area contributed by atoms with E-state index in [9.17, 15) is 26.7 Å². The molecule has 1 saturated carbocycles. The van der Waals surface area contributed by atoms with E-state index in [0.717, 1.165) is 42.4 Å². The van der Waals surface area contributed by atoms with Gasteiger partial charge in [0, 0.05) is 18.2 Å². The lowest BCUT2D eigenvalue weighted by atomic mass is 9.93. The van der Waals surface area contributed by atoms with Crippen molar-refractivity contribution in [1.29, 1.82) is 5.41 Å². The average molecular weight is 389 g/mol. The number of amides is 1. The molecule has 0 heterocycles. The zero-order valence-electron chi connectivity index (χ0n) is 14.5. The second-order valence-corrected chi connectivity index (χ2v) is 6.47. The van der Waals surface area contributed by atoms with Gasteiger partial charge < -0.3 is 10.6 Å². The van der Waals surface area contributed by atoms with Gasteiger partial charge in [-0.25, -0.2) is 8.78 Å². The first-order chi connectivity index (χ1) is 12.6. The number of hydrogen-bond acceptors (Lipinski definition) is 3. The highest BCUT2D eigenvalue weighted by Gasteiger charge is 2.34. The van der Waals surface area contributed by atoms with Gasteiger partial charge >= 0.3 is 6.18 Å². The summed E-state index contributed by atoms with van der Waals surface area (Å²) in [6.45, 7) is -0.338. The number of allylic oxidation sites excluding steroid dienone is 1. The van der Waals surface area contributed by atoms with Gasteiger partial charge in [-0.05, 0) is 37.1 Å². The Kier molecular flexibility index (Phi) is 6.56. The van der Waals surface area contributed by atoms with Crippen LogP contribution in [-0.4, -0.2) is 28.7 Å². The van der Waals surface area contributed by atoms with Crippen LogP contribution in [-0.2, 0) is 11.3 Å². The van der Waals surface area contributed by atoms with E-state index in [1.807, 2.05) is 0 Å². The first kappa shape index (κ1) is 20.9. The van der Waals surface area contributed by atoms with Crippen molar-refractivity contribution >= 4 is 11.6 Å². The number of nitrogens with one attached hydrogen (secondary N) is 1. The van der Waals surface area contributed by atoms with Gasteiger partial charge in [0.25, 0.3) is 5.91 Å². The molecule has 27 heavy (non-hydrogen) atoms. The predicted molar refractivity (Wildman–Crippen MR) is 89.8 cm³/mol. The van der Waals surface area contributed by atoms with Crippen LogP contribution in [0.3, 0.4) is 0 Å². The Morgan fingerprint density at radius 3 is 2.44 bits per heavy atom. The Labute approximate surface area is 153 Å². The van der Waals surface area contributed by atoms with E-state index in [1.54, 1.807) is 0 Å². The van der Waals surface area contributed by atoms with Crippen molar-refractivity contribution in [3.63, 3.8) is 0 Å². The molecule has 0 atom stereocenters. The number of alkyl halides is 3. The third-order valence-electron chi connectivity index (χ3n) is 4.48. The van der Waals surface area contributed by atoms with Crippen molar-refractivity contribution in [2.75, 3.05) is 0 Å². The molecule has 0 spiro atoms. The Balaban J connectivity index is 2.30. The Morgan fingerprint density at radius 2 is 1.85 bits per heavy atom.